The highest BCUT2D eigenvalue weighted by Gasteiger charge is 2.38. The Morgan fingerprint density at radius 1 is 1.16 bits per heavy atom. The number of fused-ring (bicyclic) bond motifs is 3. The number of anilines is 2. The summed E-state index contributed by atoms with van der Waals surface area (Å²) >= 11 is 0. The molecule has 4 rings (SSSR count). The van der Waals surface area contributed by atoms with Gasteiger partial charge in [0.25, 0.3) is 0 Å². The van der Waals surface area contributed by atoms with E-state index in [2.05, 4.69) is 5.10 Å². The lowest BCUT2D eigenvalue weighted by atomic mass is 9.86. The van der Waals surface area contributed by atoms with E-state index in [0.29, 0.717) is 12.2 Å². The number of rotatable bonds is 1. The molecule has 0 radical (unpaired) electrons. The average Bonchev–Trinajstić information content (AvgIpc) is 2.61. The number of benzene rings is 2. The summed E-state index contributed by atoms with van der Waals surface area (Å²) in [5, 5.41) is 15.4. The molecule has 0 saturated heterocycles. The van der Waals surface area contributed by atoms with Gasteiger partial charge < -0.3 is 10.0 Å². The second-order valence-electron chi connectivity index (χ2n) is 6.26. The van der Waals surface area contributed by atoms with Gasteiger partial charge in [-0.05, 0) is 30.3 Å². The van der Waals surface area contributed by atoms with Gasteiger partial charge in [0.1, 0.15) is 5.75 Å². The van der Waals surface area contributed by atoms with Crippen LogP contribution in [0, 0.1) is 5.92 Å². The number of hydrogen-bond acceptors (Lipinski definition) is 4. The van der Waals surface area contributed by atoms with Crippen molar-refractivity contribution < 1.29 is 14.7 Å². The van der Waals surface area contributed by atoms with Crippen molar-refractivity contribution in [2.24, 2.45) is 11.0 Å². The van der Waals surface area contributed by atoms with Gasteiger partial charge in [-0.15, -0.1) is 0 Å². The number of aromatic hydroxyl groups is 1. The highest BCUT2D eigenvalue weighted by Crippen LogP contribution is 2.35. The third kappa shape index (κ3) is 2.55. The highest BCUT2D eigenvalue weighted by molar-refractivity contribution is 6.16. The Morgan fingerprint density at radius 3 is 2.60 bits per heavy atom. The number of hydrogen-bond donors (Lipinski definition) is 1. The van der Waals surface area contributed by atoms with Crippen molar-refractivity contribution in [3.63, 3.8) is 0 Å². The highest BCUT2D eigenvalue weighted by atomic mass is 16.3. The van der Waals surface area contributed by atoms with Crippen LogP contribution in [-0.4, -0.2) is 29.2 Å². The van der Waals surface area contributed by atoms with Gasteiger partial charge in [0, 0.05) is 31.4 Å². The van der Waals surface area contributed by atoms with Crippen LogP contribution in [0.4, 0.5) is 11.4 Å². The first-order valence-electron chi connectivity index (χ1n) is 8.12. The van der Waals surface area contributed by atoms with Crippen molar-refractivity contribution in [3.05, 3.63) is 54.1 Å². The molecule has 2 aromatic rings. The summed E-state index contributed by atoms with van der Waals surface area (Å²) in [6, 6.07) is 14.0. The SMILES string of the molecule is CC(=O)N1CC2CC(=O)N(c3ccc(O)cc3)N=C2c2ccccc21. The molecule has 1 unspecified atom stereocenters. The zero-order valence-corrected chi connectivity index (χ0v) is 13.7. The number of phenols is 1. The summed E-state index contributed by atoms with van der Waals surface area (Å²) in [5.74, 6) is -0.138. The Kier molecular flexibility index (Phi) is 3.53. The second kappa shape index (κ2) is 5.73. The summed E-state index contributed by atoms with van der Waals surface area (Å²) in [7, 11) is 0. The molecule has 6 heteroatoms. The van der Waals surface area contributed by atoms with Crippen molar-refractivity contribution in [1.82, 2.24) is 0 Å². The van der Waals surface area contributed by atoms with E-state index >= 15 is 0 Å². The van der Waals surface area contributed by atoms with E-state index in [4.69, 9.17) is 0 Å². The molecule has 25 heavy (non-hydrogen) atoms. The van der Waals surface area contributed by atoms with Crippen molar-refractivity contribution in [3.8, 4) is 5.75 Å². The maximum Gasteiger partial charge on any atom is 0.248 e. The maximum atomic E-state index is 12.6. The number of carbonyl (C=O) groups excluding carboxylic acids is 2. The van der Waals surface area contributed by atoms with E-state index < -0.39 is 0 Å². The molecule has 1 atom stereocenters. The number of carbonyl (C=O) groups is 2. The first-order valence-corrected chi connectivity index (χ1v) is 8.12. The molecule has 2 aliphatic heterocycles. The summed E-state index contributed by atoms with van der Waals surface area (Å²) < 4.78 is 0. The van der Waals surface area contributed by atoms with Gasteiger partial charge in [-0.2, -0.15) is 5.10 Å². The van der Waals surface area contributed by atoms with E-state index in [1.807, 2.05) is 24.3 Å². The van der Waals surface area contributed by atoms with E-state index in [1.54, 1.807) is 17.0 Å². The molecule has 2 heterocycles. The van der Waals surface area contributed by atoms with E-state index in [1.165, 1.54) is 24.1 Å². The molecule has 2 amide bonds. The van der Waals surface area contributed by atoms with Gasteiger partial charge in [-0.1, -0.05) is 18.2 Å². The smallest absolute Gasteiger partial charge is 0.248 e. The number of phenolic OH excluding ortho intramolecular Hbond substituents is 1. The standard InChI is InChI=1S/C19H17N3O3/c1-12(23)21-11-13-10-18(25)22(14-6-8-15(24)9-7-14)20-19(13)16-4-2-3-5-17(16)21/h2-9,13,24H,10-11H2,1H3. The van der Waals surface area contributed by atoms with Crippen LogP contribution in [0.1, 0.15) is 18.9 Å². The second-order valence-corrected chi connectivity index (χ2v) is 6.26. The normalized spacial score (nSPS) is 19.2. The fourth-order valence-electron chi connectivity index (χ4n) is 3.40. The van der Waals surface area contributed by atoms with Gasteiger partial charge in [0.2, 0.25) is 11.8 Å². The van der Waals surface area contributed by atoms with Gasteiger partial charge in [-0.25, -0.2) is 5.01 Å². The Bertz CT molecular complexity index is 889. The predicted molar refractivity (Wildman–Crippen MR) is 94.7 cm³/mol. The zero-order valence-electron chi connectivity index (χ0n) is 13.7. The average molecular weight is 335 g/mol. The predicted octanol–water partition coefficient (Wildman–Crippen LogP) is 2.52. The fraction of sp³-hybridized carbons (Fsp3) is 0.211. The summed E-state index contributed by atoms with van der Waals surface area (Å²) in [6.45, 7) is 1.99. The molecule has 0 fully saturated rings. The molecule has 1 N–H and O–H groups in total. The summed E-state index contributed by atoms with van der Waals surface area (Å²) in [4.78, 5) is 26.3. The lowest BCUT2D eigenvalue weighted by molar-refractivity contribution is -0.120. The lowest BCUT2D eigenvalue weighted by Gasteiger charge is -2.38. The monoisotopic (exact) mass is 335 g/mol. The largest absolute Gasteiger partial charge is 0.508 e. The first kappa shape index (κ1) is 15.4. The molecular weight excluding hydrogens is 318 g/mol. The zero-order chi connectivity index (χ0) is 17.6. The maximum absolute atomic E-state index is 12.6. The van der Waals surface area contributed by atoms with Gasteiger partial charge in [0.15, 0.2) is 0 Å². The van der Waals surface area contributed by atoms with Crippen LogP contribution in [-0.2, 0) is 9.59 Å². The fourth-order valence-corrected chi connectivity index (χ4v) is 3.40. The summed E-state index contributed by atoms with van der Waals surface area (Å²) in [5.41, 5.74) is 3.14. The van der Waals surface area contributed by atoms with Crippen molar-refractivity contribution in [1.29, 1.82) is 0 Å². The third-order valence-electron chi connectivity index (χ3n) is 4.60. The molecule has 2 aromatic carbocycles. The minimum absolute atomic E-state index is 0.0417. The van der Waals surface area contributed by atoms with E-state index in [0.717, 1.165) is 17.0 Å². The third-order valence-corrected chi connectivity index (χ3v) is 4.60. The number of hydrazone groups is 1. The Morgan fingerprint density at radius 2 is 1.88 bits per heavy atom. The van der Waals surface area contributed by atoms with E-state index in [9.17, 15) is 14.7 Å². The molecule has 0 bridgehead atoms. The van der Waals surface area contributed by atoms with Crippen molar-refractivity contribution in [2.75, 3.05) is 16.5 Å². The van der Waals surface area contributed by atoms with Gasteiger partial charge in [0.05, 0.1) is 17.1 Å². The molecule has 0 saturated carbocycles. The van der Waals surface area contributed by atoms with Crippen LogP contribution in [0.5, 0.6) is 5.75 Å². The van der Waals surface area contributed by atoms with Gasteiger partial charge >= 0.3 is 0 Å². The van der Waals surface area contributed by atoms with Crippen LogP contribution in [0.3, 0.4) is 0 Å². The minimum Gasteiger partial charge on any atom is -0.508 e. The molecule has 0 aliphatic carbocycles. The summed E-state index contributed by atoms with van der Waals surface area (Å²) in [6.07, 6.45) is 0.290. The quantitative estimate of drug-likeness (QED) is 0.870. The van der Waals surface area contributed by atoms with Gasteiger partial charge in [-0.3, -0.25) is 9.59 Å². The molecule has 126 valence electrons. The van der Waals surface area contributed by atoms with Crippen LogP contribution in [0.15, 0.2) is 53.6 Å². The molecule has 0 aromatic heterocycles. The molecule has 2 aliphatic rings. The lowest BCUT2D eigenvalue weighted by Crippen LogP contribution is -2.47. The van der Waals surface area contributed by atoms with Crippen LogP contribution >= 0.6 is 0 Å². The van der Waals surface area contributed by atoms with Crippen molar-refractivity contribution >= 4 is 28.9 Å². The molecule has 0 spiro atoms. The molecule has 6 nitrogen and oxygen atoms in total. The van der Waals surface area contributed by atoms with Crippen molar-refractivity contribution in [2.45, 2.75) is 13.3 Å². The first-order chi connectivity index (χ1) is 12.0. The number of para-hydroxylation sites is 1. The van der Waals surface area contributed by atoms with Crippen LogP contribution in [0.25, 0.3) is 0 Å². The Labute approximate surface area is 145 Å². The Balaban J connectivity index is 1.82. The van der Waals surface area contributed by atoms with Crippen LogP contribution in [0.2, 0.25) is 0 Å². The van der Waals surface area contributed by atoms with Crippen LogP contribution < -0.4 is 9.91 Å². The number of nitrogens with zero attached hydrogens (tertiary/aromatic N) is 3. The Hall–Kier alpha value is -3.15. The minimum atomic E-state index is -0.123. The number of amides is 2. The topological polar surface area (TPSA) is 73.2 Å². The molecular formula is C19H17N3O3. The van der Waals surface area contributed by atoms with E-state index in [-0.39, 0.29) is 29.9 Å².